The van der Waals surface area contributed by atoms with Crippen molar-refractivity contribution in [3.05, 3.63) is 29.2 Å². The van der Waals surface area contributed by atoms with E-state index in [1.54, 1.807) is 13.2 Å². The Bertz CT molecular complexity index is 306. The van der Waals surface area contributed by atoms with E-state index in [-0.39, 0.29) is 0 Å². The number of carbonyl (C=O) groups excluding carboxylic acids is 1. The molecule has 1 rings (SSSR count). The van der Waals surface area contributed by atoms with Crippen molar-refractivity contribution in [2.75, 3.05) is 13.7 Å². The number of methoxy groups -OCH3 is 1. The zero-order valence-electron chi connectivity index (χ0n) is 8.50. The van der Waals surface area contributed by atoms with Gasteiger partial charge in [0.15, 0.2) is 11.5 Å². The van der Waals surface area contributed by atoms with Gasteiger partial charge in [0.1, 0.15) is 5.94 Å². The summed E-state index contributed by atoms with van der Waals surface area (Å²) < 4.78 is 10.6. The van der Waals surface area contributed by atoms with E-state index in [2.05, 4.69) is 0 Å². The van der Waals surface area contributed by atoms with Crippen LogP contribution in [0.15, 0.2) is 29.2 Å². The van der Waals surface area contributed by atoms with Crippen molar-refractivity contribution in [2.45, 2.75) is 19.8 Å². The van der Waals surface area contributed by atoms with Crippen LogP contribution in [0.5, 0.6) is 0 Å². The maximum Gasteiger partial charge on any atom is 0.161 e. The van der Waals surface area contributed by atoms with Crippen LogP contribution in [0.1, 0.15) is 19.8 Å². The first kappa shape index (κ1) is 10.6. The van der Waals surface area contributed by atoms with Gasteiger partial charge in [-0.2, -0.15) is 0 Å². The lowest BCUT2D eigenvalue weighted by Crippen LogP contribution is -2.04. The SMILES string of the molecule is CCCOC1=CCC(=C=O)C=C1OC. The molecule has 0 aromatic rings. The van der Waals surface area contributed by atoms with E-state index >= 15 is 0 Å². The molecule has 1 aliphatic rings. The molecule has 0 atom stereocenters. The van der Waals surface area contributed by atoms with Crippen LogP contribution in [-0.2, 0) is 14.3 Å². The molecule has 0 fully saturated rings. The Morgan fingerprint density at radius 2 is 2.29 bits per heavy atom. The fourth-order valence-electron chi connectivity index (χ4n) is 1.16. The molecule has 1 aliphatic carbocycles. The van der Waals surface area contributed by atoms with E-state index in [1.165, 1.54) is 0 Å². The van der Waals surface area contributed by atoms with Crippen LogP contribution in [0, 0.1) is 0 Å². The van der Waals surface area contributed by atoms with Gasteiger partial charge in [-0.1, -0.05) is 6.92 Å². The first-order chi connectivity index (χ1) is 6.81. The van der Waals surface area contributed by atoms with E-state index in [4.69, 9.17) is 9.47 Å². The van der Waals surface area contributed by atoms with Gasteiger partial charge in [-0.15, -0.1) is 0 Å². The van der Waals surface area contributed by atoms with Gasteiger partial charge in [0.05, 0.1) is 13.7 Å². The Morgan fingerprint density at radius 1 is 1.50 bits per heavy atom. The molecular formula is C11H14O3. The van der Waals surface area contributed by atoms with Crippen LogP contribution >= 0.6 is 0 Å². The molecule has 76 valence electrons. The molecule has 0 aliphatic heterocycles. The second-order valence-corrected chi connectivity index (χ2v) is 2.96. The smallest absolute Gasteiger partial charge is 0.161 e. The molecule has 0 amide bonds. The van der Waals surface area contributed by atoms with E-state index < -0.39 is 0 Å². The standard InChI is InChI=1S/C11H14O3/c1-3-6-14-10-5-4-9(8-12)7-11(10)13-2/h5,7H,3-4,6H2,1-2H3. The monoisotopic (exact) mass is 194 g/mol. The summed E-state index contributed by atoms with van der Waals surface area (Å²) in [7, 11) is 1.56. The Morgan fingerprint density at radius 3 is 2.86 bits per heavy atom. The molecule has 0 aromatic carbocycles. The highest BCUT2D eigenvalue weighted by Gasteiger charge is 2.13. The maximum atomic E-state index is 10.4. The van der Waals surface area contributed by atoms with Gasteiger partial charge < -0.3 is 9.47 Å². The molecule has 0 N–H and O–H groups in total. The summed E-state index contributed by atoms with van der Waals surface area (Å²) in [6, 6.07) is 0. The molecule has 0 radical (unpaired) electrons. The maximum absolute atomic E-state index is 10.4. The predicted molar refractivity (Wildman–Crippen MR) is 53.2 cm³/mol. The lowest BCUT2D eigenvalue weighted by atomic mass is 10.1. The average molecular weight is 194 g/mol. The van der Waals surface area contributed by atoms with E-state index in [1.807, 2.05) is 18.9 Å². The molecule has 0 saturated heterocycles. The van der Waals surface area contributed by atoms with E-state index in [0.29, 0.717) is 30.1 Å². The lowest BCUT2D eigenvalue weighted by Gasteiger charge is -2.15. The van der Waals surface area contributed by atoms with Gasteiger partial charge in [0.2, 0.25) is 0 Å². The molecule has 0 bridgehead atoms. The van der Waals surface area contributed by atoms with E-state index in [0.717, 1.165) is 6.42 Å². The third-order valence-electron chi connectivity index (χ3n) is 1.87. The summed E-state index contributed by atoms with van der Waals surface area (Å²) in [6.07, 6.45) is 5.02. The van der Waals surface area contributed by atoms with Crippen LogP contribution in [0.2, 0.25) is 0 Å². The molecule has 0 saturated carbocycles. The molecule has 0 heterocycles. The van der Waals surface area contributed by atoms with Crippen LogP contribution in [0.25, 0.3) is 0 Å². The first-order valence-corrected chi connectivity index (χ1v) is 4.64. The number of rotatable bonds is 4. The first-order valence-electron chi connectivity index (χ1n) is 4.64. The Balaban J connectivity index is 2.73. The second kappa shape index (κ2) is 5.30. The summed E-state index contributed by atoms with van der Waals surface area (Å²) in [6.45, 7) is 2.70. The molecule has 0 spiro atoms. The highest BCUT2D eigenvalue weighted by molar-refractivity contribution is 5.60. The second-order valence-electron chi connectivity index (χ2n) is 2.96. The molecule has 14 heavy (non-hydrogen) atoms. The number of allylic oxidation sites excluding steroid dienone is 3. The molecule has 3 nitrogen and oxygen atoms in total. The summed E-state index contributed by atoms with van der Waals surface area (Å²) in [5.41, 5.74) is 0.589. The van der Waals surface area contributed by atoms with Crippen molar-refractivity contribution in [1.29, 1.82) is 0 Å². The Kier molecular flexibility index (Phi) is 4.02. The predicted octanol–water partition coefficient (Wildman–Crippen LogP) is 1.99. The Hall–Kier alpha value is -1.47. The minimum Gasteiger partial charge on any atom is -0.493 e. The van der Waals surface area contributed by atoms with Gasteiger partial charge in [0.25, 0.3) is 0 Å². The third-order valence-corrected chi connectivity index (χ3v) is 1.87. The van der Waals surface area contributed by atoms with Crippen molar-refractivity contribution >= 4 is 5.94 Å². The highest BCUT2D eigenvalue weighted by atomic mass is 16.5. The minimum absolute atomic E-state index is 0.565. The van der Waals surface area contributed by atoms with Crippen molar-refractivity contribution < 1.29 is 14.3 Å². The lowest BCUT2D eigenvalue weighted by molar-refractivity contribution is 0.174. The van der Waals surface area contributed by atoms with Gasteiger partial charge in [0, 0.05) is 12.0 Å². The number of hydrogen-bond acceptors (Lipinski definition) is 3. The highest BCUT2D eigenvalue weighted by Crippen LogP contribution is 2.22. The van der Waals surface area contributed by atoms with Crippen LogP contribution in [0.3, 0.4) is 0 Å². The summed E-state index contributed by atoms with van der Waals surface area (Å²) in [5.74, 6) is 3.17. The summed E-state index contributed by atoms with van der Waals surface area (Å²) in [4.78, 5) is 10.4. The molecule has 0 aromatic heterocycles. The summed E-state index contributed by atoms with van der Waals surface area (Å²) in [5, 5.41) is 0. The third kappa shape index (κ3) is 2.51. The average Bonchev–Trinajstić information content (AvgIpc) is 2.26. The van der Waals surface area contributed by atoms with Crippen LogP contribution in [0.4, 0.5) is 0 Å². The zero-order chi connectivity index (χ0) is 10.4. The van der Waals surface area contributed by atoms with Crippen LogP contribution < -0.4 is 0 Å². The largest absolute Gasteiger partial charge is 0.493 e. The fourth-order valence-corrected chi connectivity index (χ4v) is 1.16. The van der Waals surface area contributed by atoms with Gasteiger partial charge in [-0.05, 0) is 18.6 Å². The van der Waals surface area contributed by atoms with Gasteiger partial charge in [-0.25, -0.2) is 4.79 Å². The Labute approximate surface area is 83.7 Å². The van der Waals surface area contributed by atoms with Crippen LogP contribution in [-0.4, -0.2) is 19.7 Å². The van der Waals surface area contributed by atoms with Crippen molar-refractivity contribution in [1.82, 2.24) is 0 Å². The molecular weight excluding hydrogens is 180 g/mol. The van der Waals surface area contributed by atoms with Gasteiger partial charge in [-0.3, -0.25) is 0 Å². The zero-order valence-corrected chi connectivity index (χ0v) is 8.50. The quantitative estimate of drug-likeness (QED) is 0.642. The topological polar surface area (TPSA) is 35.5 Å². The number of hydrogen-bond donors (Lipinski definition) is 0. The molecule has 0 unspecified atom stereocenters. The minimum atomic E-state index is 0.565. The van der Waals surface area contributed by atoms with Crippen molar-refractivity contribution in [2.24, 2.45) is 0 Å². The van der Waals surface area contributed by atoms with Crippen molar-refractivity contribution in [3.8, 4) is 0 Å². The summed E-state index contributed by atoms with van der Waals surface area (Å²) >= 11 is 0. The number of ether oxygens (including phenoxy) is 2. The van der Waals surface area contributed by atoms with Gasteiger partial charge >= 0.3 is 0 Å². The fraction of sp³-hybridized carbons (Fsp3) is 0.455. The van der Waals surface area contributed by atoms with E-state index in [9.17, 15) is 4.79 Å². The van der Waals surface area contributed by atoms with Crippen molar-refractivity contribution in [3.63, 3.8) is 0 Å². The normalized spacial score (nSPS) is 15.4. The molecule has 3 heteroatoms.